The van der Waals surface area contributed by atoms with Crippen molar-refractivity contribution in [2.24, 2.45) is 5.73 Å². The number of fused-ring (bicyclic) bond motifs is 1. The smallest absolute Gasteiger partial charge is 0.199 e. The number of rotatable bonds is 4. The standard InChI is InChI=1S/C14H17NO2/c1-3-11(15)8-12(16)13-7-10-6-4-5-9(2)14(10)17-13/h4-7,11H,3,8,15H2,1-2H3. The zero-order chi connectivity index (χ0) is 12.4. The Morgan fingerprint density at radius 3 is 2.88 bits per heavy atom. The Bertz CT molecular complexity index is 542. The third kappa shape index (κ3) is 2.39. The molecule has 0 radical (unpaired) electrons. The summed E-state index contributed by atoms with van der Waals surface area (Å²) in [7, 11) is 0. The molecule has 1 unspecified atom stereocenters. The third-order valence-corrected chi connectivity index (χ3v) is 2.99. The first-order chi connectivity index (χ1) is 8.11. The highest BCUT2D eigenvalue weighted by Crippen LogP contribution is 2.23. The van der Waals surface area contributed by atoms with Gasteiger partial charge >= 0.3 is 0 Å². The van der Waals surface area contributed by atoms with E-state index in [9.17, 15) is 4.79 Å². The number of para-hydroxylation sites is 1. The Kier molecular flexibility index (Phi) is 3.29. The summed E-state index contributed by atoms with van der Waals surface area (Å²) in [5.74, 6) is 0.396. The predicted octanol–water partition coefficient (Wildman–Crippen LogP) is 3.05. The average molecular weight is 231 g/mol. The first-order valence-electron chi connectivity index (χ1n) is 5.89. The second-order valence-electron chi connectivity index (χ2n) is 4.40. The summed E-state index contributed by atoms with van der Waals surface area (Å²) in [6.07, 6.45) is 1.14. The maximum atomic E-state index is 11.9. The molecule has 2 N–H and O–H groups in total. The van der Waals surface area contributed by atoms with Crippen LogP contribution in [0, 0.1) is 6.92 Å². The van der Waals surface area contributed by atoms with Gasteiger partial charge in [0.2, 0.25) is 0 Å². The normalized spacial score (nSPS) is 12.9. The molecule has 2 aromatic rings. The van der Waals surface area contributed by atoms with Crippen molar-refractivity contribution < 1.29 is 9.21 Å². The summed E-state index contributed by atoms with van der Waals surface area (Å²) in [6.45, 7) is 3.94. The van der Waals surface area contributed by atoms with E-state index in [0.717, 1.165) is 23.0 Å². The lowest BCUT2D eigenvalue weighted by Gasteiger charge is -2.04. The fourth-order valence-corrected chi connectivity index (χ4v) is 1.83. The number of benzene rings is 1. The quantitative estimate of drug-likeness (QED) is 0.823. The molecule has 2 rings (SSSR count). The summed E-state index contributed by atoms with van der Waals surface area (Å²) in [5.41, 5.74) is 7.61. The number of aryl methyl sites for hydroxylation is 1. The minimum atomic E-state index is -0.0863. The van der Waals surface area contributed by atoms with Crippen LogP contribution in [0.5, 0.6) is 0 Å². The lowest BCUT2D eigenvalue weighted by Crippen LogP contribution is -2.22. The third-order valence-electron chi connectivity index (χ3n) is 2.99. The average Bonchev–Trinajstić information content (AvgIpc) is 2.74. The monoisotopic (exact) mass is 231 g/mol. The van der Waals surface area contributed by atoms with Gasteiger partial charge < -0.3 is 10.2 Å². The Balaban J connectivity index is 2.30. The number of hydrogen-bond acceptors (Lipinski definition) is 3. The molecule has 0 saturated heterocycles. The molecular formula is C14H17NO2. The van der Waals surface area contributed by atoms with E-state index in [1.807, 2.05) is 32.0 Å². The molecule has 17 heavy (non-hydrogen) atoms. The second-order valence-corrected chi connectivity index (χ2v) is 4.40. The predicted molar refractivity (Wildman–Crippen MR) is 68.2 cm³/mol. The van der Waals surface area contributed by atoms with E-state index in [-0.39, 0.29) is 11.8 Å². The molecule has 1 heterocycles. The molecule has 3 nitrogen and oxygen atoms in total. The topological polar surface area (TPSA) is 56.2 Å². The Morgan fingerprint density at radius 1 is 1.47 bits per heavy atom. The van der Waals surface area contributed by atoms with Gasteiger partial charge in [-0.15, -0.1) is 0 Å². The minimum Gasteiger partial charge on any atom is -0.453 e. The molecule has 0 aliphatic rings. The van der Waals surface area contributed by atoms with Gasteiger partial charge in [-0.3, -0.25) is 4.79 Å². The molecule has 3 heteroatoms. The highest BCUT2D eigenvalue weighted by atomic mass is 16.3. The van der Waals surface area contributed by atoms with Crippen molar-refractivity contribution in [2.45, 2.75) is 32.7 Å². The highest BCUT2D eigenvalue weighted by molar-refractivity contribution is 5.98. The van der Waals surface area contributed by atoms with Crippen molar-refractivity contribution in [3.8, 4) is 0 Å². The highest BCUT2D eigenvalue weighted by Gasteiger charge is 2.15. The van der Waals surface area contributed by atoms with E-state index >= 15 is 0 Å². The van der Waals surface area contributed by atoms with Crippen LogP contribution in [0.1, 0.15) is 35.9 Å². The van der Waals surface area contributed by atoms with E-state index < -0.39 is 0 Å². The Hall–Kier alpha value is -1.61. The second kappa shape index (κ2) is 4.72. The van der Waals surface area contributed by atoms with Gasteiger partial charge in [-0.2, -0.15) is 0 Å². The van der Waals surface area contributed by atoms with Crippen LogP contribution in [0.3, 0.4) is 0 Å². The fourth-order valence-electron chi connectivity index (χ4n) is 1.83. The van der Waals surface area contributed by atoms with Crippen molar-refractivity contribution in [3.05, 3.63) is 35.6 Å². The van der Waals surface area contributed by atoms with E-state index in [1.165, 1.54) is 0 Å². The molecule has 0 aliphatic heterocycles. The van der Waals surface area contributed by atoms with Crippen molar-refractivity contribution in [2.75, 3.05) is 0 Å². The zero-order valence-corrected chi connectivity index (χ0v) is 10.2. The molecule has 1 aromatic carbocycles. The summed E-state index contributed by atoms with van der Waals surface area (Å²) in [5, 5.41) is 0.971. The Morgan fingerprint density at radius 2 is 2.24 bits per heavy atom. The fraction of sp³-hybridized carbons (Fsp3) is 0.357. The molecule has 0 fully saturated rings. The number of nitrogens with two attached hydrogens (primary N) is 1. The number of furan rings is 1. The molecule has 0 aliphatic carbocycles. The van der Waals surface area contributed by atoms with Crippen LogP contribution >= 0.6 is 0 Å². The molecule has 90 valence electrons. The molecule has 1 atom stereocenters. The Labute approximate surface area is 101 Å². The van der Waals surface area contributed by atoms with Gasteiger partial charge in [-0.25, -0.2) is 0 Å². The molecular weight excluding hydrogens is 214 g/mol. The molecule has 0 spiro atoms. The van der Waals surface area contributed by atoms with Crippen LogP contribution in [0.4, 0.5) is 0 Å². The van der Waals surface area contributed by atoms with E-state index in [4.69, 9.17) is 10.2 Å². The van der Waals surface area contributed by atoms with Gasteiger partial charge in [0.25, 0.3) is 0 Å². The number of carbonyl (C=O) groups excluding carboxylic acids is 1. The van der Waals surface area contributed by atoms with Crippen molar-refractivity contribution in [3.63, 3.8) is 0 Å². The summed E-state index contributed by atoms with van der Waals surface area (Å²) >= 11 is 0. The number of hydrogen-bond donors (Lipinski definition) is 1. The zero-order valence-electron chi connectivity index (χ0n) is 10.2. The SMILES string of the molecule is CCC(N)CC(=O)c1cc2cccc(C)c2o1. The maximum Gasteiger partial charge on any atom is 0.199 e. The van der Waals surface area contributed by atoms with Crippen molar-refractivity contribution >= 4 is 16.8 Å². The molecule has 0 saturated carbocycles. The van der Waals surface area contributed by atoms with Crippen LogP contribution in [-0.2, 0) is 0 Å². The van der Waals surface area contributed by atoms with E-state index in [2.05, 4.69) is 0 Å². The first-order valence-corrected chi connectivity index (χ1v) is 5.89. The lowest BCUT2D eigenvalue weighted by molar-refractivity contribution is 0.0949. The van der Waals surface area contributed by atoms with Gasteiger partial charge in [0.1, 0.15) is 5.58 Å². The van der Waals surface area contributed by atoms with E-state index in [1.54, 1.807) is 6.07 Å². The molecule has 1 aromatic heterocycles. The summed E-state index contributed by atoms with van der Waals surface area (Å²) in [4.78, 5) is 11.9. The van der Waals surface area contributed by atoms with Gasteiger partial charge in [0, 0.05) is 17.8 Å². The van der Waals surface area contributed by atoms with Gasteiger partial charge in [-0.05, 0) is 25.0 Å². The van der Waals surface area contributed by atoms with Gasteiger partial charge in [0.15, 0.2) is 11.5 Å². The summed E-state index contributed by atoms with van der Waals surface area (Å²) in [6, 6.07) is 7.59. The van der Waals surface area contributed by atoms with Gasteiger partial charge in [0.05, 0.1) is 0 Å². The number of ketones is 1. The van der Waals surface area contributed by atoms with Crippen LogP contribution in [-0.4, -0.2) is 11.8 Å². The van der Waals surface area contributed by atoms with Crippen LogP contribution < -0.4 is 5.73 Å². The number of Topliss-reactive ketones (excluding diaryl/α,β-unsaturated/α-hetero) is 1. The van der Waals surface area contributed by atoms with Gasteiger partial charge in [-0.1, -0.05) is 25.1 Å². The van der Waals surface area contributed by atoms with E-state index in [0.29, 0.717) is 12.2 Å². The van der Waals surface area contributed by atoms with Crippen LogP contribution in [0.2, 0.25) is 0 Å². The lowest BCUT2D eigenvalue weighted by atomic mass is 10.1. The molecule has 0 amide bonds. The van der Waals surface area contributed by atoms with Crippen LogP contribution in [0.15, 0.2) is 28.7 Å². The maximum absolute atomic E-state index is 11.9. The minimum absolute atomic E-state index is 0.0186. The summed E-state index contributed by atoms with van der Waals surface area (Å²) < 4.78 is 5.60. The largest absolute Gasteiger partial charge is 0.453 e. The van der Waals surface area contributed by atoms with Crippen LogP contribution in [0.25, 0.3) is 11.0 Å². The van der Waals surface area contributed by atoms with Crippen molar-refractivity contribution in [1.29, 1.82) is 0 Å². The molecule has 0 bridgehead atoms. The number of carbonyl (C=O) groups is 1. The van der Waals surface area contributed by atoms with Crippen molar-refractivity contribution in [1.82, 2.24) is 0 Å². The first kappa shape index (κ1) is 11.9.